The SMILES string of the molecule is Cc1nc2c(F)c(Br)c(CCC#N)cc2c2c1cc(CN1CCCC1=O)n2[C@H]1[C@@H]2C[C@H]1N(C(=O)OC(C)(C)C)C2. The number of hydrogen-bond donors (Lipinski definition) is 0. The third-order valence-electron chi connectivity index (χ3n) is 8.51. The molecule has 10 heteroatoms. The second kappa shape index (κ2) is 9.72. The molecule has 210 valence electrons. The van der Waals surface area contributed by atoms with Gasteiger partial charge in [0.1, 0.15) is 11.1 Å². The van der Waals surface area contributed by atoms with E-state index in [-0.39, 0.29) is 41.9 Å². The summed E-state index contributed by atoms with van der Waals surface area (Å²) in [7, 11) is 0. The molecule has 0 unspecified atom stereocenters. The summed E-state index contributed by atoms with van der Waals surface area (Å²) in [6.07, 6.45) is 2.63. The predicted octanol–water partition coefficient (Wildman–Crippen LogP) is 6.16. The highest BCUT2D eigenvalue weighted by Crippen LogP contribution is 2.52. The van der Waals surface area contributed by atoms with Gasteiger partial charge in [0.25, 0.3) is 0 Å². The van der Waals surface area contributed by atoms with Crippen molar-refractivity contribution < 1.29 is 18.7 Å². The van der Waals surface area contributed by atoms with E-state index in [1.54, 1.807) is 0 Å². The molecule has 3 aliphatic heterocycles. The average molecular weight is 611 g/mol. The maximum absolute atomic E-state index is 15.8. The highest BCUT2D eigenvalue weighted by molar-refractivity contribution is 9.10. The molecule has 2 aromatic heterocycles. The molecule has 1 aromatic carbocycles. The van der Waals surface area contributed by atoms with E-state index < -0.39 is 11.4 Å². The van der Waals surface area contributed by atoms with E-state index in [0.29, 0.717) is 48.0 Å². The van der Waals surface area contributed by atoms with Gasteiger partial charge in [0, 0.05) is 54.0 Å². The number of aryl methyl sites for hydroxylation is 2. The first-order valence-electron chi connectivity index (χ1n) is 13.9. The van der Waals surface area contributed by atoms with Crippen LogP contribution in [-0.4, -0.2) is 56.1 Å². The smallest absolute Gasteiger partial charge is 0.410 e. The third-order valence-corrected chi connectivity index (χ3v) is 9.36. The molecule has 3 atom stereocenters. The first-order valence-corrected chi connectivity index (χ1v) is 14.7. The van der Waals surface area contributed by atoms with Crippen LogP contribution in [0.15, 0.2) is 16.6 Å². The van der Waals surface area contributed by atoms with Gasteiger partial charge in [-0.25, -0.2) is 14.2 Å². The Kier molecular flexibility index (Phi) is 6.56. The van der Waals surface area contributed by atoms with E-state index in [4.69, 9.17) is 4.74 Å². The zero-order chi connectivity index (χ0) is 28.5. The molecule has 40 heavy (non-hydrogen) atoms. The van der Waals surface area contributed by atoms with Crippen LogP contribution in [-0.2, 0) is 22.5 Å². The van der Waals surface area contributed by atoms with Crippen LogP contribution in [0.4, 0.5) is 9.18 Å². The van der Waals surface area contributed by atoms with Crippen LogP contribution in [0.3, 0.4) is 0 Å². The summed E-state index contributed by atoms with van der Waals surface area (Å²) in [5, 5.41) is 10.8. The number of halogens is 2. The van der Waals surface area contributed by atoms with Crippen LogP contribution in [0.5, 0.6) is 0 Å². The van der Waals surface area contributed by atoms with E-state index >= 15 is 4.39 Å². The van der Waals surface area contributed by atoms with Crippen molar-refractivity contribution in [1.29, 1.82) is 5.26 Å². The summed E-state index contributed by atoms with van der Waals surface area (Å²) < 4.78 is 24.1. The molecule has 4 aliphatic rings. The largest absolute Gasteiger partial charge is 0.444 e. The third kappa shape index (κ3) is 4.33. The minimum atomic E-state index is -0.593. The van der Waals surface area contributed by atoms with Gasteiger partial charge in [-0.05, 0) is 80.6 Å². The minimum Gasteiger partial charge on any atom is -0.444 e. The van der Waals surface area contributed by atoms with Gasteiger partial charge in [-0.3, -0.25) is 4.79 Å². The first-order chi connectivity index (χ1) is 19.0. The van der Waals surface area contributed by atoms with E-state index in [1.165, 1.54) is 0 Å². The number of fused-ring (bicyclic) bond motifs is 4. The first kappa shape index (κ1) is 27.0. The summed E-state index contributed by atoms with van der Waals surface area (Å²) >= 11 is 3.41. The second-order valence-electron chi connectivity index (χ2n) is 12.3. The van der Waals surface area contributed by atoms with Gasteiger partial charge >= 0.3 is 6.09 Å². The number of pyridine rings is 1. The van der Waals surface area contributed by atoms with E-state index in [1.807, 2.05) is 43.6 Å². The highest BCUT2D eigenvalue weighted by Gasteiger charge is 2.56. The number of likely N-dealkylation sites (tertiary alicyclic amines) is 1. The van der Waals surface area contributed by atoms with Crippen LogP contribution in [0.2, 0.25) is 0 Å². The number of nitrogens with zero attached hydrogens (tertiary/aromatic N) is 5. The average Bonchev–Trinajstić information content (AvgIpc) is 3.65. The Balaban J connectivity index is 1.54. The topological polar surface area (TPSA) is 91.5 Å². The molecular formula is C30H33BrFN5O3. The van der Waals surface area contributed by atoms with Crippen molar-refractivity contribution in [3.8, 4) is 6.07 Å². The Bertz CT molecular complexity index is 1600. The zero-order valence-electron chi connectivity index (χ0n) is 23.3. The molecule has 5 heterocycles. The van der Waals surface area contributed by atoms with Crippen LogP contribution in [0, 0.1) is 30.0 Å². The number of aromatic nitrogens is 2. The fraction of sp³-hybridized carbons (Fsp3) is 0.533. The lowest BCUT2D eigenvalue weighted by Gasteiger charge is -2.39. The molecule has 0 radical (unpaired) electrons. The second-order valence-corrected chi connectivity index (χ2v) is 13.1. The lowest BCUT2D eigenvalue weighted by molar-refractivity contribution is -0.128. The quantitative estimate of drug-likeness (QED) is 0.345. The summed E-state index contributed by atoms with van der Waals surface area (Å²) in [6, 6.07) is 6.12. The molecule has 2 bridgehead atoms. The highest BCUT2D eigenvalue weighted by atomic mass is 79.9. The number of carbonyl (C=O) groups is 2. The Hall–Kier alpha value is -3.19. The predicted molar refractivity (Wildman–Crippen MR) is 152 cm³/mol. The fourth-order valence-electron chi connectivity index (χ4n) is 6.72. The number of hydrogen-bond acceptors (Lipinski definition) is 5. The van der Waals surface area contributed by atoms with Gasteiger partial charge < -0.3 is 19.1 Å². The standard InChI is InChI=1S/C30H33BrFN5O3/c1-16-20-13-19(15-35-10-6-8-23(35)38)37(27-18-12-22(27)36(14-18)29(39)40-30(2,3)4)28(20)21-11-17(7-5-9-33)24(31)25(32)26(21)34-16/h11,13,18,22,27H,5-8,10,12,14-15H2,1-4H3/t18-,22-,27+/m1/s1. The van der Waals surface area contributed by atoms with E-state index in [2.05, 4.69) is 37.6 Å². The van der Waals surface area contributed by atoms with Crippen molar-refractivity contribution in [3.63, 3.8) is 0 Å². The van der Waals surface area contributed by atoms with Gasteiger partial charge in [0.2, 0.25) is 5.91 Å². The Morgan fingerprint density at radius 1 is 1.30 bits per heavy atom. The lowest BCUT2D eigenvalue weighted by Crippen LogP contribution is -2.44. The molecule has 7 rings (SSSR count). The Morgan fingerprint density at radius 3 is 2.75 bits per heavy atom. The number of ether oxygens (including phenoxy) is 1. The van der Waals surface area contributed by atoms with Gasteiger partial charge in [0.15, 0.2) is 5.82 Å². The number of benzene rings is 1. The number of carbonyl (C=O) groups excluding carboxylic acids is 2. The monoisotopic (exact) mass is 609 g/mol. The lowest BCUT2D eigenvalue weighted by atomic mass is 9.79. The van der Waals surface area contributed by atoms with Crippen molar-refractivity contribution in [2.45, 2.75) is 84.0 Å². The van der Waals surface area contributed by atoms with Crippen molar-refractivity contribution >= 4 is 49.7 Å². The number of nitriles is 1. The fourth-order valence-corrected chi connectivity index (χ4v) is 7.22. The number of rotatable bonds is 5. The Morgan fingerprint density at radius 2 is 2.08 bits per heavy atom. The molecule has 2 amide bonds. The van der Waals surface area contributed by atoms with Crippen LogP contribution >= 0.6 is 15.9 Å². The molecule has 3 aromatic rings. The van der Waals surface area contributed by atoms with Crippen molar-refractivity contribution in [3.05, 3.63) is 39.4 Å². The van der Waals surface area contributed by atoms with Crippen molar-refractivity contribution in [2.24, 2.45) is 5.92 Å². The molecule has 4 fully saturated rings. The Labute approximate surface area is 241 Å². The minimum absolute atomic E-state index is 0.0167. The normalized spacial score (nSPS) is 22.3. The molecule has 0 spiro atoms. The maximum atomic E-state index is 15.8. The zero-order valence-corrected chi connectivity index (χ0v) is 24.8. The van der Waals surface area contributed by atoms with Gasteiger partial charge in [-0.2, -0.15) is 5.26 Å². The van der Waals surface area contributed by atoms with Crippen LogP contribution < -0.4 is 0 Å². The van der Waals surface area contributed by atoms with Gasteiger partial charge in [-0.1, -0.05) is 0 Å². The summed E-state index contributed by atoms with van der Waals surface area (Å²) in [4.78, 5) is 34.2. The molecule has 8 nitrogen and oxygen atoms in total. The van der Waals surface area contributed by atoms with Crippen molar-refractivity contribution in [2.75, 3.05) is 13.1 Å². The molecular weight excluding hydrogens is 577 g/mol. The number of amides is 2. The molecule has 1 aliphatic carbocycles. The van der Waals surface area contributed by atoms with Gasteiger partial charge in [0.05, 0.1) is 34.7 Å². The maximum Gasteiger partial charge on any atom is 0.410 e. The van der Waals surface area contributed by atoms with Crippen LogP contribution in [0.1, 0.15) is 69.4 Å². The molecule has 0 N–H and O–H groups in total. The molecule has 1 saturated carbocycles. The van der Waals surface area contributed by atoms with Crippen LogP contribution in [0.25, 0.3) is 21.8 Å². The van der Waals surface area contributed by atoms with Crippen molar-refractivity contribution in [1.82, 2.24) is 19.4 Å². The summed E-state index contributed by atoms with van der Waals surface area (Å²) in [6.45, 7) is 9.25. The van der Waals surface area contributed by atoms with Gasteiger partial charge in [-0.15, -0.1) is 0 Å². The van der Waals surface area contributed by atoms with E-state index in [0.717, 1.165) is 35.0 Å². The summed E-state index contributed by atoms with van der Waals surface area (Å²) in [5.41, 5.74) is 2.95. The van der Waals surface area contributed by atoms with E-state index in [9.17, 15) is 14.9 Å². The summed E-state index contributed by atoms with van der Waals surface area (Å²) in [5.74, 6) is -0.0771. The molecule has 3 saturated heterocycles.